The molecule has 8 heteroatoms. The summed E-state index contributed by atoms with van der Waals surface area (Å²) in [5.74, 6) is 0.838. The number of ether oxygens (including phenoxy) is 1. The van der Waals surface area contributed by atoms with Crippen molar-refractivity contribution in [2.75, 3.05) is 18.2 Å². The molecule has 0 spiro atoms. The number of methoxy groups -OCH3 is 1. The van der Waals surface area contributed by atoms with Crippen LogP contribution in [0.25, 0.3) is 0 Å². The Balaban J connectivity index is 2.16. The van der Waals surface area contributed by atoms with E-state index < -0.39 is 10.1 Å². The van der Waals surface area contributed by atoms with Crippen molar-refractivity contribution in [3.63, 3.8) is 0 Å². The van der Waals surface area contributed by atoms with Gasteiger partial charge in [-0.15, -0.1) is 0 Å². The molecule has 2 amide bonds. The van der Waals surface area contributed by atoms with Crippen molar-refractivity contribution in [2.24, 2.45) is 0 Å². The minimum atomic E-state index is -3.60. The lowest BCUT2D eigenvalue weighted by Gasteiger charge is -2.29. The van der Waals surface area contributed by atoms with Crippen molar-refractivity contribution in [3.05, 3.63) is 54.1 Å². The number of carbonyl (C=O) groups excluding carboxylic acids is 1. The number of hydrogen-bond donors (Lipinski definition) is 1. The molecule has 7 nitrogen and oxygen atoms in total. The van der Waals surface area contributed by atoms with Gasteiger partial charge in [0.25, 0.3) is 0 Å². The zero-order chi connectivity index (χ0) is 21.4. The molecule has 1 atom stereocenters. The van der Waals surface area contributed by atoms with Crippen LogP contribution in [0.2, 0.25) is 0 Å². The quantitative estimate of drug-likeness (QED) is 0.613. The third-order valence-corrected chi connectivity index (χ3v) is 5.71. The van der Waals surface area contributed by atoms with E-state index >= 15 is 0 Å². The summed E-state index contributed by atoms with van der Waals surface area (Å²) in [6.07, 6.45) is 0.774. The van der Waals surface area contributed by atoms with E-state index in [-0.39, 0.29) is 23.6 Å². The monoisotopic (exact) mass is 420 g/mol. The van der Waals surface area contributed by atoms with E-state index in [0.29, 0.717) is 18.0 Å². The van der Waals surface area contributed by atoms with Gasteiger partial charge in [0.15, 0.2) is 0 Å². The van der Waals surface area contributed by atoms with Crippen LogP contribution in [-0.2, 0) is 16.7 Å². The predicted octanol–water partition coefficient (Wildman–Crippen LogP) is 4.26. The van der Waals surface area contributed by atoms with Crippen molar-refractivity contribution in [1.29, 1.82) is 0 Å². The molecule has 0 unspecified atom stereocenters. The normalized spacial score (nSPS) is 12.1. The number of benzene rings is 2. The van der Waals surface area contributed by atoms with Crippen LogP contribution < -0.4 is 14.2 Å². The summed E-state index contributed by atoms with van der Waals surface area (Å²) >= 11 is 0. The fourth-order valence-corrected chi connectivity index (χ4v) is 3.13. The van der Waals surface area contributed by atoms with Gasteiger partial charge in [-0.25, -0.2) is 4.79 Å². The van der Waals surface area contributed by atoms with E-state index in [1.807, 2.05) is 19.9 Å². The Labute approximate surface area is 172 Å². The van der Waals surface area contributed by atoms with Gasteiger partial charge in [0.05, 0.1) is 12.9 Å². The molecule has 2 rings (SSSR count). The molecule has 0 fully saturated rings. The van der Waals surface area contributed by atoms with Crippen LogP contribution in [-0.4, -0.2) is 38.3 Å². The molecule has 2 aromatic carbocycles. The summed E-state index contributed by atoms with van der Waals surface area (Å²) in [4.78, 5) is 14.6. The Morgan fingerprint density at radius 3 is 2.38 bits per heavy atom. The van der Waals surface area contributed by atoms with Crippen molar-refractivity contribution >= 4 is 21.8 Å². The van der Waals surface area contributed by atoms with Gasteiger partial charge in [0, 0.05) is 18.3 Å². The topological polar surface area (TPSA) is 84.9 Å². The number of nitrogens with zero attached hydrogens (tertiary/aromatic N) is 1. The van der Waals surface area contributed by atoms with Gasteiger partial charge in [-0.1, -0.05) is 19.1 Å². The number of nitrogens with one attached hydrogen (secondary N) is 1. The molecule has 0 saturated carbocycles. The van der Waals surface area contributed by atoms with Crippen molar-refractivity contribution < 1.29 is 22.1 Å². The van der Waals surface area contributed by atoms with E-state index in [1.165, 1.54) is 6.92 Å². The highest BCUT2D eigenvalue weighted by Gasteiger charge is 2.20. The molecular formula is C21H28N2O5S. The first-order valence-electron chi connectivity index (χ1n) is 9.50. The summed E-state index contributed by atoms with van der Waals surface area (Å²) < 4.78 is 33.6. The number of amides is 2. The molecule has 2 aromatic rings. The number of urea groups is 1. The molecule has 0 heterocycles. The fourth-order valence-electron chi connectivity index (χ4n) is 2.62. The average Bonchev–Trinajstić information content (AvgIpc) is 2.72. The van der Waals surface area contributed by atoms with Gasteiger partial charge in [-0.3, -0.25) is 0 Å². The lowest BCUT2D eigenvalue weighted by Crippen LogP contribution is -2.40. The Morgan fingerprint density at radius 2 is 1.79 bits per heavy atom. The first-order chi connectivity index (χ1) is 13.8. The highest BCUT2D eigenvalue weighted by Crippen LogP contribution is 2.20. The number of rotatable bonds is 9. The molecule has 0 bridgehead atoms. The summed E-state index contributed by atoms with van der Waals surface area (Å²) in [5, 5.41) is 2.90. The first-order valence-corrected chi connectivity index (χ1v) is 11.1. The molecule has 0 aliphatic rings. The summed E-state index contributed by atoms with van der Waals surface area (Å²) in [6.45, 7) is 5.81. The van der Waals surface area contributed by atoms with E-state index in [0.717, 1.165) is 12.0 Å². The summed E-state index contributed by atoms with van der Waals surface area (Å²) in [7, 11) is -2.02. The zero-order valence-electron chi connectivity index (χ0n) is 17.2. The Morgan fingerprint density at radius 1 is 1.10 bits per heavy atom. The first kappa shape index (κ1) is 22.5. The van der Waals surface area contributed by atoms with E-state index in [2.05, 4.69) is 5.32 Å². The van der Waals surface area contributed by atoms with Crippen LogP contribution in [0.5, 0.6) is 11.5 Å². The Hall–Kier alpha value is -2.74. The second-order valence-electron chi connectivity index (χ2n) is 6.62. The van der Waals surface area contributed by atoms with Crippen LogP contribution in [0.4, 0.5) is 10.5 Å². The van der Waals surface area contributed by atoms with E-state index in [4.69, 9.17) is 8.92 Å². The number of hydrogen-bond acceptors (Lipinski definition) is 5. The van der Waals surface area contributed by atoms with Gasteiger partial charge < -0.3 is 19.1 Å². The van der Waals surface area contributed by atoms with E-state index in [9.17, 15) is 13.2 Å². The molecule has 0 aliphatic carbocycles. The van der Waals surface area contributed by atoms with Crippen LogP contribution in [0.15, 0.2) is 48.5 Å². The van der Waals surface area contributed by atoms with Gasteiger partial charge in [-0.05, 0) is 62.2 Å². The molecule has 0 saturated heterocycles. The Bertz CT molecular complexity index is 913. The maximum absolute atomic E-state index is 12.9. The van der Waals surface area contributed by atoms with Gasteiger partial charge in [0.1, 0.15) is 11.5 Å². The highest BCUT2D eigenvalue weighted by molar-refractivity contribution is 7.87. The third-order valence-electron chi connectivity index (χ3n) is 4.55. The average molecular weight is 421 g/mol. The van der Waals surface area contributed by atoms with Crippen LogP contribution in [0.3, 0.4) is 0 Å². The van der Waals surface area contributed by atoms with Gasteiger partial charge in [0.2, 0.25) is 0 Å². The largest absolute Gasteiger partial charge is 0.497 e. The molecule has 29 heavy (non-hydrogen) atoms. The molecular weight excluding hydrogens is 392 g/mol. The minimum absolute atomic E-state index is 0.0165. The molecule has 158 valence electrons. The van der Waals surface area contributed by atoms with Gasteiger partial charge in [-0.2, -0.15) is 8.42 Å². The Kier molecular flexibility index (Phi) is 7.90. The minimum Gasteiger partial charge on any atom is -0.497 e. The highest BCUT2D eigenvalue weighted by atomic mass is 32.2. The number of anilines is 1. The van der Waals surface area contributed by atoms with Crippen molar-refractivity contribution in [3.8, 4) is 11.5 Å². The molecule has 0 aliphatic heterocycles. The summed E-state index contributed by atoms with van der Waals surface area (Å²) in [6, 6.07) is 13.6. The zero-order valence-corrected chi connectivity index (χ0v) is 18.0. The molecule has 1 N–H and O–H groups in total. The second-order valence-corrected chi connectivity index (χ2v) is 8.48. The predicted molar refractivity (Wildman–Crippen MR) is 114 cm³/mol. The smallest absolute Gasteiger partial charge is 0.322 e. The van der Waals surface area contributed by atoms with E-state index in [1.54, 1.807) is 54.5 Å². The maximum atomic E-state index is 12.9. The van der Waals surface area contributed by atoms with Crippen molar-refractivity contribution in [1.82, 2.24) is 4.90 Å². The number of carbonyl (C=O) groups is 1. The molecule has 0 radical (unpaired) electrons. The molecule has 0 aromatic heterocycles. The SMILES string of the molecule is CC[C@@H](C)N(Cc1cccc(OS(=O)(=O)CC)c1)C(=O)Nc1ccc(OC)cc1. The third kappa shape index (κ3) is 6.67. The van der Waals surface area contributed by atoms with Crippen LogP contribution in [0, 0.1) is 0 Å². The van der Waals surface area contributed by atoms with Crippen LogP contribution >= 0.6 is 0 Å². The fraction of sp³-hybridized carbons (Fsp3) is 0.381. The van der Waals surface area contributed by atoms with Gasteiger partial charge >= 0.3 is 16.1 Å². The lowest BCUT2D eigenvalue weighted by atomic mass is 10.1. The second kappa shape index (κ2) is 10.2. The summed E-state index contributed by atoms with van der Waals surface area (Å²) in [5.41, 5.74) is 1.44. The lowest BCUT2D eigenvalue weighted by molar-refractivity contribution is 0.187. The van der Waals surface area contributed by atoms with Crippen molar-refractivity contribution in [2.45, 2.75) is 39.8 Å². The maximum Gasteiger partial charge on any atom is 0.322 e. The standard InChI is InChI=1S/C21H28N2O5S/c1-5-16(3)23(21(24)22-18-10-12-19(27-4)13-11-18)15-17-8-7-9-20(14-17)28-29(25,26)6-2/h7-14,16H,5-6,15H2,1-4H3,(H,22,24)/t16-/m1/s1. The van der Waals surface area contributed by atoms with Crippen LogP contribution in [0.1, 0.15) is 32.8 Å².